The molecule has 0 aliphatic heterocycles. The van der Waals surface area contributed by atoms with Crippen LogP contribution in [-0.2, 0) is 0 Å². The summed E-state index contributed by atoms with van der Waals surface area (Å²) in [5, 5.41) is 9.48. The Bertz CT molecular complexity index is 341. The highest BCUT2D eigenvalue weighted by molar-refractivity contribution is 6.31. The van der Waals surface area contributed by atoms with Gasteiger partial charge in [0.15, 0.2) is 0 Å². The zero-order valence-electron chi connectivity index (χ0n) is 8.97. The third-order valence-corrected chi connectivity index (χ3v) is 3.22. The Morgan fingerprint density at radius 3 is 2.75 bits per heavy atom. The Morgan fingerprint density at radius 2 is 2.12 bits per heavy atom. The zero-order valence-corrected chi connectivity index (χ0v) is 9.73. The molecule has 1 saturated carbocycles. The van der Waals surface area contributed by atoms with Gasteiger partial charge in [-0.2, -0.15) is 0 Å². The van der Waals surface area contributed by atoms with Crippen molar-refractivity contribution in [1.82, 2.24) is 9.97 Å². The van der Waals surface area contributed by atoms with Crippen LogP contribution in [0, 0.1) is 5.92 Å². The van der Waals surface area contributed by atoms with Crippen molar-refractivity contribution in [3.8, 4) is 5.88 Å². The van der Waals surface area contributed by atoms with Gasteiger partial charge in [0.1, 0.15) is 17.5 Å². The maximum atomic E-state index is 9.03. The Kier molecular flexibility index (Phi) is 3.96. The fourth-order valence-corrected chi connectivity index (χ4v) is 2.13. The summed E-state index contributed by atoms with van der Waals surface area (Å²) in [5.41, 5.74) is 0. The van der Waals surface area contributed by atoms with Gasteiger partial charge in [0.2, 0.25) is 5.88 Å². The first-order chi connectivity index (χ1) is 7.79. The van der Waals surface area contributed by atoms with Crippen LogP contribution in [0.2, 0.25) is 5.02 Å². The maximum Gasteiger partial charge on any atom is 0.235 e. The lowest BCUT2D eigenvalue weighted by Crippen LogP contribution is -2.25. The van der Waals surface area contributed by atoms with Crippen molar-refractivity contribution in [3.63, 3.8) is 0 Å². The second kappa shape index (κ2) is 5.46. The second-order valence-electron chi connectivity index (χ2n) is 4.12. The summed E-state index contributed by atoms with van der Waals surface area (Å²) in [6, 6.07) is 0. The smallest absolute Gasteiger partial charge is 0.235 e. The third-order valence-electron chi connectivity index (χ3n) is 2.96. The number of halogens is 1. The zero-order chi connectivity index (χ0) is 11.4. The summed E-state index contributed by atoms with van der Waals surface area (Å²) >= 11 is 5.91. The molecule has 0 aromatic carbocycles. The van der Waals surface area contributed by atoms with Crippen molar-refractivity contribution in [3.05, 3.63) is 17.5 Å². The number of ether oxygens (including phenoxy) is 1. The summed E-state index contributed by atoms with van der Waals surface area (Å²) in [5.74, 6) is 0.893. The number of hydrogen-bond donors (Lipinski definition) is 1. The van der Waals surface area contributed by atoms with Gasteiger partial charge in [0, 0.05) is 6.61 Å². The average Bonchev–Trinajstić information content (AvgIpc) is 2.33. The highest BCUT2D eigenvalue weighted by Crippen LogP contribution is 2.28. The molecular formula is C11H15ClN2O2. The van der Waals surface area contributed by atoms with E-state index in [9.17, 15) is 0 Å². The average molecular weight is 243 g/mol. The van der Waals surface area contributed by atoms with Gasteiger partial charge in [-0.05, 0) is 31.6 Å². The monoisotopic (exact) mass is 242 g/mol. The van der Waals surface area contributed by atoms with Gasteiger partial charge in [-0.1, -0.05) is 11.6 Å². The number of aliphatic hydroxyl groups excluding tert-OH is 1. The normalized spacial score (nSPS) is 25.4. The van der Waals surface area contributed by atoms with E-state index in [-0.39, 0.29) is 12.7 Å². The summed E-state index contributed by atoms with van der Waals surface area (Å²) in [4.78, 5) is 7.80. The molecule has 1 fully saturated rings. The number of aliphatic hydroxyl groups is 1. The SMILES string of the molecule is OCC1CCC(Oc2ncncc2Cl)CC1. The molecule has 0 radical (unpaired) electrons. The van der Waals surface area contributed by atoms with Crippen LogP contribution in [-0.4, -0.2) is 27.8 Å². The maximum absolute atomic E-state index is 9.03. The second-order valence-corrected chi connectivity index (χ2v) is 4.53. The lowest BCUT2D eigenvalue weighted by Gasteiger charge is -2.27. The molecule has 1 aromatic heterocycles. The molecule has 0 amide bonds. The van der Waals surface area contributed by atoms with E-state index in [1.807, 2.05) is 0 Å². The molecule has 5 heteroatoms. The minimum Gasteiger partial charge on any atom is -0.473 e. The highest BCUT2D eigenvalue weighted by atomic mass is 35.5. The predicted octanol–water partition coefficient (Wildman–Crippen LogP) is 2.06. The number of nitrogens with zero attached hydrogens (tertiary/aromatic N) is 2. The summed E-state index contributed by atoms with van der Waals surface area (Å²) in [7, 11) is 0. The molecule has 0 spiro atoms. The molecule has 2 rings (SSSR count). The van der Waals surface area contributed by atoms with Gasteiger partial charge < -0.3 is 9.84 Å². The van der Waals surface area contributed by atoms with Crippen LogP contribution in [0.15, 0.2) is 12.5 Å². The molecular weight excluding hydrogens is 228 g/mol. The molecule has 88 valence electrons. The van der Waals surface area contributed by atoms with E-state index in [0.717, 1.165) is 25.7 Å². The van der Waals surface area contributed by atoms with Gasteiger partial charge in [0.25, 0.3) is 0 Å². The molecule has 4 nitrogen and oxygen atoms in total. The predicted molar refractivity (Wildman–Crippen MR) is 60.5 cm³/mol. The standard InChI is InChI=1S/C11H15ClN2O2/c12-10-5-13-7-14-11(10)16-9-3-1-8(6-15)2-4-9/h5,7-9,15H,1-4,6H2. The summed E-state index contributed by atoms with van der Waals surface area (Å²) < 4.78 is 5.71. The van der Waals surface area contributed by atoms with E-state index in [1.54, 1.807) is 0 Å². The Balaban J connectivity index is 1.89. The summed E-state index contributed by atoms with van der Waals surface area (Å²) in [6.45, 7) is 0.279. The summed E-state index contributed by atoms with van der Waals surface area (Å²) in [6.07, 6.45) is 7.03. The van der Waals surface area contributed by atoms with Crippen LogP contribution >= 0.6 is 11.6 Å². The molecule has 1 aromatic rings. The van der Waals surface area contributed by atoms with E-state index in [2.05, 4.69) is 9.97 Å². The molecule has 16 heavy (non-hydrogen) atoms. The van der Waals surface area contributed by atoms with Crippen molar-refractivity contribution in [2.45, 2.75) is 31.8 Å². The van der Waals surface area contributed by atoms with Gasteiger partial charge in [0.05, 0.1) is 6.20 Å². The van der Waals surface area contributed by atoms with Crippen LogP contribution < -0.4 is 4.74 Å². The van der Waals surface area contributed by atoms with E-state index < -0.39 is 0 Å². The largest absolute Gasteiger partial charge is 0.473 e. The fraction of sp³-hybridized carbons (Fsp3) is 0.636. The van der Waals surface area contributed by atoms with E-state index in [0.29, 0.717) is 16.8 Å². The minimum atomic E-state index is 0.162. The fourth-order valence-electron chi connectivity index (χ4n) is 1.98. The molecule has 1 N–H and O–H groups in total. The van der Waals surface area contributed by atoms with Gasteiger partial charge in [-0.3, -0.25) is 0 Å². The minimum absolute atomic E-state index is 0.162. The Hall–Kier alpha value is -0.870. The Morgan fingerprint density at radius 1 is 1.38 bits per heavy atom. The van der Waals surface area contributed by atoms with Crippen LogP contribution in [0.3, 0.4) is 0 Å². The quantitative estimate of drug-likeness (QED) is 0.882. The van der Waals surface area contributed by atoms with Gasteiger partial charge in [-0.25, -0.2) is 9.97 Å². The van der Waals surface area contributed by atoms with Gasteiger partial charge >= 0.3 is 0 Å². The lowest BCUT2D eigenvalue weighted by atomic mass is 9.88. The Labute approximate surface area is 99.6 Å². The van der Waals surface area contributed by atoms with Crippen molar-refractivity contribution in [1.29, 1.82) is 0 Å². The number of hydrogen-bond acceptors (Lipinski definition) is 4. The van der Waals surface area contributed by atoms with Crippen LogP contribution in [0.25, 0.3) is 0 Å². The molecule has 1 aliphatic rings. The molecule has 0 atom stereocenters. The molecule has 0 bridgehead atoms. The van der Waals surface area contributed by atoms with E-state index >= 15 is 0 Å². The van der Waals surface area contributed by atoms with Crippen molar-refractivity contribution in [2.75, 3.05) is 6.61 Å². The lowest BCUT2D eigenvalue weighted by molar-refractivity contribution is 0.100. The molecule has 0 saturated heterocycles. The van der Waals surface area contributed by atoms with E-state index in [4.69, 9.17) is 21.4 Å². The van der Waals surface area contributed by atoms with Crippen molar-refractivity contribution < 1.29 is 9.84 Å². The highest BCUT2D eigenvalue weighted by Gasteiger charge is 2.22. The molecule has 1 aliphatic carbocycles. The van der Waals surface area contributed by atoms with Crippen LogP contribution in [0.4, 0.5) is 0 Å². The van der Waals surface area contributed by atoms with Crippen molar-refractivity contribution >= 4 is 11.6 Å². The van der Waals surface area contributed by atoms with E-state index in [1.165, 1.54) is 12.5 Å². The van der Waals surface area contributed by atoms with Crippen LogP contribution in [0.5, 0.6) is 5.88 Å². The first-order valence-corrected chi connectivity index (χ1v) is 5.90. The number of rotatable bonds is 3. The number of aromatic nitrogens is 2. The third kappa shape index (κ3) is 2.83. The van der Waals surface area contributed by atoms with Gasteiger partial charge in [-0.15, -0.1) is 0 Å². The first-order valence-electron chi connectivity index (χ1n) is 5.52. The first kappa shape index (κ1) is 11.6. The molecule has 1 heterocycles. The topological polar surface area (TPSA) is 55.2 Å². The van der Waals surface area contributed by atoms with Crippen LogP contribution in [0.1, 0.15) is 25.7 Å². The van der Waals surface area contributed by atoms with Crippen molar-refractivity contribution in [2.24, 2.45) is 5.92 Å². The molecule has 0 unspecified atom stereocenters.